The van der Waals surface area contributed by atoms with E-state index in [4.69, 9.17) is 0 Å². The number of carboxylic acid groups (broad SMARTS) is 1. The standard InChI is InChI=1S/C20H30N2O5S/c1-4-16(3)17-5-7-18(8-6-17)28(26,27)22-11-9-21(10-12-22)19(23)13-15(2)14-20(24)25/h5-8,15-16H,4,9-14H2,1-3H3,(H,24,25)/p-1/t15-,16+/m0/s1. The van der Waals surface area contributed by atoms with Crippen LogP contribution >= 0.6 is 0 Å². The molecule has 0 saturated carbocycles. The fraction of sp³-hybridized carbons (Fsp3) is 0.600. The minimum atomic E-state index is -3.59. The molecule has 1 heterocycles. The van der Waals surface area contributed by atoms with Crippen molar-refractivity contribution in [1.82, 2.24) is 9.21 Å². The molecule has 1 aromatic carbocycles. The van der Waals surface area contributed by atoms with Gasteiger partial charge in [-0.15, -0.1) is 0 Å². The van der Waals surface area contributed by atoms with Crippen LogP contribution in [0.3, 0.4) is 0 Å². The summed E-state index contributed by atoms with van der Waals surface area (Å²) in [7, 11) is -3.59. The second kappa shape index (κ2) is 9.52. The van der Waals surface area contributed by atoms with Crippen molar-refractivity contribution in [2.45, 2.75) is 50.8 Å². The molecule has 0 aliphatic carbocycles. The Bertz CT molecular complexity index is 783. The Morgan fingerprint density at radius 3 is 2.11 bits per heavy atom. The number of carbonyl (C=O) groups is 2. The van der Waals surface area contributed by atoms with E-state index in [0.717, 1.165) is 12.0 Å². The molecule has 28 heavy (non-hydrogen) atoms. The predicted molar refractivity (Wildman–Crippen MR) is 104 cm³/mol. The maximum absolute atomic E-state index is 12.9. The number of sulfonamides is 1. The van der Waals surface area contributed by atoms with E-state index in [1.165, 1.54) is 4.31 Å². The molecule has 1 aliphatic heterocycles. The van der Waals surface area contributed by atoms with Gasteiger partial charge in [0.05, 0.1) is 4.90 Å². The number of carbonyl (C=O) groups excluding carboxylic acids is 2. The van der Waals surface area contributed by atoms with Crippen molar-refractivity contribution in [3.63, 3.8) is 0 Å². The molecule has 1 aliphatic rings. The topological polar surface area (TPSA) is 97.8 Å². The summed E-state index contributed by atoms with van der Waals surface area (Å²) in [6.07, 6.45) is 0.953. The summed E-state index contributed by atoms with van der Waals surface area (Å²) in [5.41, 5.74) is 1.11. The van der Waals surface area contributed by atoms with Crippen molar-refractivity contribution in [3.05, 3.63) is 29.8 Å². The van der Waals surface area contributed by atoms with Crippen molar-refractivity contribution in [2.24, 2.45) is 5.92 Å². The minimum Gasteiger partial charge on any atom is -0.550 e. The Morgan fingerprint density at radius 1 is 1.04 bits per heavy atom. The zero-order chi connectivity index (χ0) is 20.9. The zero-order valence-corrected chi connectivity index (χ0v) is 17.6. The van der Waals surface area contributed by atoms with E-state index in [1.54, 1.807) is 24.0 Å². The molecule has 0 spiro atoms. The van der Waals surface area contributed by atoms with Crippen LogP contribution in [0.1, 0.15) is 51.5 Å². The van der Waals surface area contributed by atoms with Crippen LogP contribution in [0.4, 0.5) is 0 Å². The van der Waals surface area contributed by atoms with Crippen LogP contribution in [0.2, 0.25) is 0 Å². The van der Waals surface area contributed by atoms with Crippen LogP contribution in [0, 0.1) is 5.92 Å². The summed E-state index contributed by atoms with van der Waals surface area (Å²) >= 11 is 0. The van der Waals surface area contributed by atoms with Crippen molar-refractivity contribution in [3.8, 4) is 0 Å². The molecule has 2 atom stereocenters. The normalized spacial score (nSPS) is 17.9. The summed E-state index contributed by atoms with van der Waals surface area (Å²) in [5.74, 6) is -1.24. The van der Waals surface area contributed by atoms with E-state index in [9.17, 15) is 23.1 Å². The second-order valence-corrected chi connectivity index (χ2v) is 9.49. The van der Waals surface area contributed by atoms with E-state index >= 15 is 0 Å². The molecular weight excluding hydrogens is 380 g/mol. The Balaban J connectivity index is 1.96. The molecule has 2 rings (SSSR count). The third-order valence-electron chi connectivity index (χ3n) is 5.33. The molecule has 0 bridgehead atoms. The third kappa shape index (κ3) is 5.54. The highest BCUT2D eigenvalue weighted by atomic mass is 32.2. The molecule has 0 aromatic heterocycles. The van der Waals surface area contributed by atoms with Gasteiger partial charge in [-0.1, -0.05) is 32.9 Å². The lowest BCUT2D eigenvalue weighted by molar-refractivity contribution is -0.306. The van der Waals surface area contributed by atoms with Gasteiger partial charge in [-0.2, -0.15) is 4.31 Å². The SMILES string of the molecule is CC[C@@H](C)c1ccc(S(=O)(=O)N2CCN(C(=O)C[C@H](C)CC(=O)[O-])CC2)cc1. The lowest BCUT2D eigenvalue weighted by Gasteiger charge is -2.34. The first-order valence-corrected chi connectivity index (χ1v) is 11.2. The van der Waals surface area contributed by atoms with Gasteiger partial charge in [-0.05, 0) is 42.4 Å². The number of hydrogen-bond acceptors (Lipinski definition) is 5. The maximum Gasteiger partial charge on any atom is 0.243 e. The third-order valence-corrected chi connectivity index (χ3v) is 7.24. The van der Waals surface area contributed by atoms with Crippen molar-refractivity contribution < 1.29 is 23.1 Å². The van der Waals surface area contributed by atoms with Gasteiger partial charge in [0, 0.05) is 38.6 Å². The highest BCUT2D eigenvalue weighted by Crippen LogP contribution is 2.23. The summed E-state index contributed by atoms with van der Waals surface area (Å²) in [6.45, 7) is 6.97. The fourth-order valence-corrected chi connectivity index (χ4v) is 4.74. The highest BCUT2D eigenvalue weighted by Gasteiger charge is 2.30. The first-order valence-electron chi connectivity index (χ1n) is 9.72. The lowest BCUT2D eigenvalue weighted by Crippen LogP contribution is -2.50. The summed E-state index contributed by atoms with van der Waals surface area (Å²) < 4.78 is 27.1. The monoisotopic (exact) mass is 409 g/mol. The number of nitrogens with zero attached hydrogens (tertiary/aromatic N) is 2. The number of hydrogen-bond donors (Lipinski definition) is 0. The van der Waals surface area contributed by atoms with E-state index in [1.807, 2.05) is 12.1 Å². The smallest absolute Gasteiger partial charge is 0.243 e. The van der Waals surface area contributed by atoms with Gasteiger partial charge in [-0.25, -0.2) is 8.42 Å². The van der Waals surface area contributed by atoms with Crippen LogP contribution in [0.5, 0.6) is 0 Å². The van der Waals surface area contributed by atoms with Gasteiger partial charge >= 0.3 is 0 Å². The van der Waals surface area contributed by atoms with Crippen LogP contribution in [-0.4, -0.2) is 55.7 Å². The molecule has 8 heteroatoms. The predicted octanol–water partition coefficient (Wildman–Crippen LogP) is 1.20. The molecule has 156 valence electrons. The average Bonchev–Trinajstić information content (AvgIpc) is 2.66. The number of benzene rings is 1. The van der Waals surface area contributed by atoms with Gasteiger partial charge < -0.3 is 14.8 Å². The molecular formula is C20H29N2O5S-. The van der Waals surface area contributed by atoms with Gasteiger partial charge in [0.15, 0.2) is 0 Å². The van der Waals surface area contributed by atoms with E-state index in [0.29, 0.717) is 19.0 Å². The molecule has 1 amide bonds. The molecule has 1 saturated heterocycles. The van der Waals surface area contributed by atoms with Crippen LogP contribution in [-0.2, 0) is 19.6 Å². The minimum absolute atomic E-state index is 0.123. The molecule has 1 fully saturated rings. The van der Waals surface area contributed by atoms with Gasteiger partial charge in [0.25, 0.3) is 0 Å². The van der Waals surface area contributed by atoms with Crippen molar-refractivity contribution in [2.75, 3.05) is 26.2 Å². The summed E-state index contributed by atoms with van der Waals surface area (Å²) in [5, 5.41) is 10.6. The average molecular weight is 410 g/mol. The number of rotatable bonds is 8. The Labute approximate surface area is 167 Å². The van der Waals surface area contributed by atoms with E-state index < -0.39 is 16.0 Å². The number of amides is 1. The van der Waals surface area contributed by atoms with Crippen LogP contribution < -0.4 is 5.11 Å². The second-order valence-electron chi connectivity index (χ2n) is 7.55. The quantitative estimate of drug-likeness (QED) is 0.643. The molecule has 0 N–H and O–H groups in total. The maximum atomic E-state index is 12.9. The number of aliphatic carboxylic acids is 1. The molecule has 1 aromatic rings. The Morgan fingerprint density at radius 2 is 1.61 bits per heavy atom. The zero-order valence-electron chi connectivity index (χ0n) is 16.8. The summed E-state index contributed by atoms with van der Waals surface area (Å²) in [4.78, 5) is 24.8. The Kier molecular flexibility index (Phi) is 7.60. The molecule has 7 nitrogen and oxygen atoms in total. The first-order chi connectivity index (χ1) is 13.1. The van der Waals surface area contributed by atoms with Crippen molar-refractivity contribution >= 4 is 21.9 Å². The van der Waals surface area contributed by atoms with Gasteiger partial charge in [0.1, 0.15) is 0 Å². The molecule has 0 radical (unpaired) electrons. The Hall–Kier alpha value is -1.93. The van der Waals surface area contributed by atoms with Crippen LogP contribution in [0.15, 0.2) is 29.2 Å². The fourth-order valence-electron chi connectivity index (χ4n) is 3.31. The number of carboxylic acids is 1. The van der Waals surface area contributed by atoms with E-state index in [2.05, 4.69) is 13.8 Å². The lowest BCUT2D eigenvalue weighted by atomic mass is 9.99. The highest BCUT2D eigenvalue weighted by molar-refractivity contribution is 7.89. The van der Waals surface area contributed by atoms with E-state index in [-0.39, 0.29) is 42.7 Å². The van der Waals surface area contributed by atoms with Crippen molar-refractivity contribution in [1.29, 1.82) is 0 Å². The number of piperazine rings is 1. The largest absolute Gasteiger partial charge is 0.550 e. The van der Waals surface area contributed by atoms with Gasteiger partial charge in [0.2, 0.25) is 15.9 Å². The first kappa shape index (κ1) is 22.4. The van der Waals surface area contributed by atoms with Gasteiger partial charge in [-0.3, -0.25) is 4.79 Å². The molecule has 0 unspecified atom stereocenters. The van der Waals surface area contributed by atoms with Crippen LogP contribution in [0.25, 0.3) is 0 Å². The summed E-state index contributed by atoms with van der Waals surface area (Å²) in [6, 6.07) is 7.02.